The maximum absolute atomic E-state index is 11.5. The number of rotatable bonds is 8. The van der Waals surface area contributed by atoms with Gasteiger partial charge >= 0.3 is 11.9 Å². The molecule has 9 nitrogen and oxygen atoms in total. The van der Waals surface area contributed by atoms with Gasteiger partial charge in [-0.05, 0) is 44.5 Å². The van der Waals surface area contributed by atoms with Crippen LogP contribution in [0.15, 0.2) is 40.4 Å². The number of aromatic nitrogens is 1. The summed E-state index contributed by atoms with van der Waals surface area (Å²) < 4.78 is 0. The van der Waals surface area contributed by atoms with Gasteiger partial charge in [0.1, 0.15) is 6.61 Å². The molecule has 28 heavy (non-hydrogen) atoms. The van der Waals surface area contributed by atoms with Crippen molar-refractivity contribution in [2.24, 2.45) is 5.16 Å². The van der Waals surface area contributed by atoms with Crippen LogP contribution >= 0.6 is 11.6 Å². The molecule has 1 aromatic rings. The van der Waals surface area contributed by atoms with Gasteiger partial charge in [0.15, 0.2) is 5.17 Å². The number of carbonyl (C=O) groups is 2. The van der Waals surface area contributed by atoms with Gasteiger partial charge in [-0.15, -0.1) is 0 Å². The number of carboxylic acids is 2. The Labute approximate surface area is 167 Å². The second kappa shape index (κ2) is 13.5. The zero-order valence-corrected chi connectivity index (χ0v) is 16.1. The minimum atomic E-state index is -1.26. The minimum absolute atomic E-state index is 0.0878. The van der Waals surface area contributed by atoms with E-state index in [-0.39, 0.29) is 10.7 Å². The molecule has 0 saturated carbocycles. The number of nitrogens with one attached hydrogen (secondary N) is 1. The average molecular weight is 414 g/mol. The van der Waals surface area contributed by atoms with Crippen molar-refractivity contribution >= 4 is 28.7 Å². The summed E-state index contributed by atoms with van der Waals surface area (Å²) in [6.07, 6.45) is 7.51. The summed E-state index contributed by atoms with van der Waals surface area (Å²) in [4.78, 5) is 40.7. The summed E-state index contributed by atoms with van der Waals surface area (Å²) >= 11 is 5.93. The van der Waals surface area contributed by atoms with Gasteiger partial charge in [-0.25, -0.2) is 9.59 Å². The number of likely N-dealkylation sites (tertiary alicyclic amines) is 1. The number of H-pyrrole nitrogens is 1. The van der Waals surface area contributed by atoms with Crippen LogP contribution in [0.2, 0.25) is 0 Å². The van der Waals surface area contributed by atoms with E-state index in [0.717, 1.165) is 13.0 Å². The van der Waals surface area contributed by atoms with E-state index in [0.29, 0.717) is 24.3 Å². The predicted octanol–water partition coefficient (Wildman–Crippen LogP) is 1.88. The number of piperidine rings is 1. The fraction of sp³-hybridized carbons (Fsp3) is 0.444. The maximum Gasteiger partial charge on any atom is 0.328 e. The topological polar surface area (TPSA) is 132 Å². The number of halogens is 1. The number of aromatic amines is 1. The molecule has 0 atom stereocenters. The molecule has 0 unspecified atom stereocenters. The number of carboxylic acid groups (broad SMARTS) is 2. The molecule has 2 rings (SSSR count). The Bertz CT molecular complexity index is 725. The smallest absolute Gasteiger partial charge is 0.328 e. The summed E-state index contributed by atoms with van der Waals surface area (Å²) in [5.74, 6) is -2.51. The van der Waals surface area contributed by atoms with Crippen LogP contribution in [-0.2, 0) is 14.4 Å². The number of hydrogen-bond donors (Lipinski definition) is 3. The number of nitrogens with zero attached hydrogens (tertiary/aromatic N) is 2. The van der Waals surface area contributed by atoms with Gasteiger partial charge < -0.3 is 24.9 Å². The van der Waals surface area contributed by atoms with Gasteiger partial charge in [0.25, 0.3) is 5.56 Å². The highest BCUT2D eigenvalue weighted by molar-refractivity contribution is 6.69. The highest BCUT2D eigenvalue weighted by atomic mass is 35.5. The van der Waals surface area contributed by atoms with Crippen molar-refractivity contribution in [3.05, 3.63) is 46.4 Å². The zero-order chi connectivity index (χ0) is 20.8. The zero-order valence-electron chi connectivity index (χ0n) is 15.3. The maximum atomic E-state index is 11.5. The molecule has 0 aromatic carbocycles. The van der Waals surface area contributed by atoms with E-state index in [1.165, 1.54) is 32.4 Å². The molecule has 10 heteroatoms. The molecule has 0 bridgehead atoms. The van der Waals surface area contributed by atoms with Gasteiger partial charge in [-0.2, -0.15) is 0 Å². The predicted molar refractivity (Wildman–Crippen MR) is 105 cm³/mol. The average Bonchev–Trinajstić information content (AvgIpc) is 2.67. The number of oxime groups is 1. The van der Waals surface area contributed by atoms with Crippen molar-refractivity contribution in [3.63, 3.8) is 0 Å². The number of pyridine rings is 1. The van der Waals surface area contributed by atoms with E-state index < -0.39 is 11.9 Å². The second-order valence-electron chi connectivity index (χ2n) is 5.89. The van der Waals surface area contributed by atoms with Crippen molar-refractivity contribution in [1.29, 1.82) is 0 Å². The molecule has 0 aliphatic carbocycles. The van der Waals surface area contributed by atoms with Gasteiger partial charge in [-0.1, -0.05) is 23.2 Å². The molecular formula is C18H24ClN3O6. The van der Waals surface area contributed by atoms with E-state index in [4.69, 9.17) is 26.7 Å². The fourth-order valence-corrected chi connectivity index (χ4v) is 2.61. The molecule has 1 fully saturated rings. The lowest BCUT2D eigenvalue weighted by Crippen LogP contribution is -2.31. The lowest BCUT2D eigenvalue weighted by Gasteiger charge is -2.25. The van der Waals surface area contributed by atoms with Gasteiger partial charge in [0.2, 0.25) is 0 Å². The number of hydrogen-bond acceptors (Lipinski definition) is 6. The first-order valence-corrected chi connectivity index (χ1v) is 9.17. The summed E-state index contributed by atoms with van der Waals surface area (Å²) in [6, 6.07) is 3.31. The van der Waals surface area contributed by atoms with Crippen LogP contribution in [-0.4, -0.2) is 63.4 Å². The van der Waals surface area contributed by atoms with Crippen molar-refractivity contribution in [3.8, 4) is 0 Å². The molecule has 2 heterocycles. The lowest BCUT2D eigenvalue weighted by molar-refractivity contribution is -0.134. The van der Waals surface area contributed by atoms with Crippen molar-refractivity contribution in [1.82, 2.24) is 9.88 Å². The SMILES string of the molecule is O=C(O)/C=C\C(=O)O.O=c1[nH]cccc1C(Cl)=NOCCCN1CCCCC1. The summed E-state index contributed by atoms with van der Waals surface area (Å²) in [5, 5.41) is 19.5. The summed E-state index contributed by atoms with van der Waals surface area (Å²) in [6.45, 7) is 3.91. The Balaban J connectivity index is 0.000000416. The fourth-order valence-electron chi connectivity index (χ4n) is 2.41. The Morgan fingerprint density at radius 1 is 1.21 bits per heavy atom. The second-order valence-corrected chi connectivity index (χ2v) is 6.25. The van der Waals surface area contributed by atoms with Gasteiger partial charge in [0.05, 0.1) is 5.56 Å². The molecule has 154 valence electrons. The first-order valence-electron chi connectivity index (χ1n) is 8.80. The Morgan fingerprint density at radius 2 is 1.86 bits per heavy atom. The quantitative estimate of drug-likeness (QED) is 0.256. The monoisotopic (exact) mass is 413 g/mol. The van der Waals surface area contributed by atoms with Crippen molar-refractivity contribution < 1.29 is 24.6 Å². The van der Waals surface area contributed by atoms with Crippen LogP contribution in [0.4, 0.5) is 0 Å². The molecule has 1 aliphatic heterocycles. The lowest BCUT2D eigenvalue weighted by atomic mass is 10.1. The number of aliphatic carboxylic acids is 2. The van der Waals surface area contributed by atoms with Crippen LogP contribution in [0, 0.1) is 0 Å². The van der Waals surface area contributed by atoms with E-state index in [2.05, 4.69) is 15.0 Å². The minimum Gasteiger partial charge on any atom is -0.478 e. The Kier molecular flexibility index (Phi) is 11.3. The van der Waals surface area contributed by atoms with Crippen molar-refractivity contribution in [2.75, 3.05) is 26.2 Å². The first kappa shape index (κ1) is 23.4. The highest BCUT2D eigenvalue weighted by Crippen LogP contribution is 2.08. The molecule has 3 N–H and O–H groups in total. The third kappa shape index (κ3) is 10.5. The normalized spacial score (nSPS) is 15.0. The van der Waals surface area contributed by atoms with Crippen LogP contribution < -0.4 is 5.56 Å². The molecule has 0 amide bonds. The Morgan fingerprint density at radius 3 is 2.43 bits per heavy atom. The van der Waals surface area contributed by atoms with Crippen LogP contribution in [0.1, 0.15) is 31.2 Å². The molecule has 0 radical (unpaired) electrons. The third-order valence-electron chi connectivity index (χ3n) is 3.71. The van der Waals surface area contributed by atoms with Crippen molar-refractivity contribution in [2.45, 2.75) is 25.7 Å². The third-order valence-corrected chi connectivity index (χ3v) is 3.98. The largest absolute Gasteiger partial charge is 0.478 e. The molecule has 0 spiro atoms. The van der Waals surface area contributed by atoms with Crippen LogP contribution in [0.25, 0.3) is 0 Å². The van der Waals surface area contributed by atoms with Crippen LogP contribution in [0.3, 0.4) is 0 Å². The molecule has 1 aliphatic rings. The highest BCUT2D eigenvalue weighted by Gasteiger charge is 2.09. The van der Waals surface area contributed by atoms with Gasteiger partial charge in [0, 0.05) is 24.9 Å². The Hall–Kier alpha value is -2.65. The van der Waals surface area contributed by atoms with E-state index >= 15 is 0 Å². The van der Waals surface area contributed by atoms with E-state index in [9.17, 15) is 14.4 Å². The molecule has 1 aromatic heterocycles. The van der Waals surface area contributed by atoms with Crippen LogP contribution in [0.5, 0.6) is 0 Å². The summed E-state index contributed by atoms with van der Waals surface area (Å²) in [7, 11) is 0. The molecular weight excluding hydrogens is 390 g/mol. The standard InChI is InChI=1S/C14H20ClN3O2.C4H4O4/c15-13(12-6-4-7-16-14(12)19)17-20-11-5-10-18-8-2-1-3-9-18;5-3(6)1-2-4(7)8/h4,6-7H,1-3,5,8-11H2,(H,16,19);1-2H,(H,5,6)(H,7,8)/b;2-1-. The van der Waals surface area contributed by atoms with Gasteiger partial charge in [-0.3, -0.25) is 4.79 Å². The first-order chi connectivity index (χ1) is 13.4. The summed E-state index contributed by atoms with van der Waals surface area (Å²) in [5.41, 5.74) is 0.0587. The molecule has 1 saturated heterocycles. The van der Waals surface area contributed by atoms with E-state index in [1.807, 2.05) is 0 Å². The van der Waals surface area contributed by atoms with E-state index in [1.54, 1.807) is 18.3 Å².